The minimum absolute atomic E-state index is 0.0306. The third-order valence-electron chi connectivity index (χ3n) is 3.75. The zero-order chi connectivity index (χ0) is 15.1. The second kappa shape index (κ2) is 7.80. The van der Waals surface area contributed by atoms with Crippen LogP contribution in [0.25, 0.3) is 0 Å². The van der Waals surface area contributed by atoms with Gasteiger partial charge in [-0.3, -0.25) is 4.79 Å². The van der Waals surface area contributed by atoms with E-state index >= 15 is 0 Å². The number of aliphatic hydroxyl groups is 1. The fourth-order valence-electron chi connectivity index (χ4n) is 2.29. The maximum atomic E-state index is 13.3. The van der Waals surface area contributed by atoms with Crippen LogP contribution in [0.5, 0.6) is 0 Å². The van der Waals surface area contributed by atoms with Crippen LogP contribution in [0.15, 0.2) is 18.2 Å². The number of amides is 1. The lowest BCUT2D eigenvalue weighted by molar-refractivity contribution is 0.0948. The summed E-state index contributed by atoms with van der Waals surface area (Å²) in [6.45, 7) is 0.584. The Kier molecular flexibility index (Phi) is 5.77. The Bertz CT molecular complexity index is 556. The maximum absolute atomic E-state index is 13.3. The molecule has 1 aliphatic rings. The summed E-state index contributed by atoms with van der Waals surface area (Å²) in [5.41, 5.74) is 0.750. The average molecular weight is 289 g/mol. The first-order chi connectivity index (χ1) is 10.2. The predicted molar refractivity (Wildman–Crippen MR) is 79.3 cm³/mol. The quantitative estimate of drug-likeness (QED) is 0.818. The zero-order valence-electron chi connectivity index (χ0n) is 12.0. The van der Waals surface area contributed by atoms with E-state index in [0.717, 1.165) is 12.3 Å². The number of carbonyl (C=O) groups is 1. The number of halogens is 1. The van der Waals surface area contributed by atoms with Gasteiger partial charge in [-0.15, -0.1) is 0 Å². The molecule has 1 fully saturated rings. The SMILES string of the molecule is O=C(NCCC1CCC1)c1cc(F)ccc1C#CCCO. The molecule has 0 unspecified atom stereocenters. The van der Waals surface area contributed by atoms with Gasteiger partial charge >= 0.3 is 0 Å². The van der Waals surface area contributed by atoms with Gasteiger partial charge in [-0.05, 0) is 30.5 Å². The van der Waals surface area contributed by atoms with Gasteiger partial charge in [0.2, 0.25) is 0 Å². The van der Waals surface area contributed by atoms with E-state index in [4.69, 9.17) is 5.11 Å². The van der Waals surface area contributed by atoms with Crippen LogP contribution in [0.4, 0.5) is 4.39 Å². The Morgan fingerprint density at radius 3 is 2.90 bits per heavy atom. The van der Waals surface area contributed by atoms with E-state index in [1.807, 2.05) is 0 Å². The van der Waals surface area contributed by atoms with Crippen molar-refractivity contribution in [3.8, 4) is 11.8 Å². The Balaban J connectivity index is 2.00. The number of hydrogen-bond acceptors (Lipinski definition) is 2. The van der Waals surface area contributed by atoms with Crippen LogP contribution >= 0.6 is 0 Å². The molecule has 0 atom stereocenters. The van der Waals surface area contributed by atoms with Crippen molar-refractivity contribution in [3.05, 3.63) is 35.1 Å². The summed E-state index contributed by atoms with van der Waals surface area (Å²) >= 11 is 0. The van der Waals surface area contributed by atoms with Crippen LogP contribution in [0.2, 0.25) is 0 Å². The lowest BCUT2D eigenvalue weighted by atomic mass is 9.83. The molecule has 0 aromatic heterocycles. The molecule has 3 nitrogen and oxygen atoms in total. The van der Waals surface area contributed by atoms with E-state index in [0.29, 0.717) is 18.5 Å². The molecule has 0 spiro atoms. The summed E-state index contributed by atoms with van der Waals surface area (Å²) in [7, 11) is 0. The minimum Gasteiger partial charge on any atom is -0.395 e. The lowest BCUT2D eigenvalue weighted by Crippen LogP contribution is -2.28. The second-order valence-corrected chi connectivity index (χ2v) is 5.31. The summed E-state index contributed by atoms with van der Waals surface area (Å²) in [5.74, 6) is 5.54. The average Bonchev–Trinajstić information content (AvgIpc) is 2.43. The highest BCUT2D eigenvalue weighted by molar-refractivity contribution is 5.96. The molecule has 4 heteroatoms. The summed E-state index contributed by atoms with van der Waals surface area (Å²) in [6, 6.07) is 4.00. The highest BCUT2D eigenvalue weighted by Gasteiger charge is 2.17. The van der Waals surface area contributed by atoms with E-state index in [-0.39, 0.29) is 18.1 Å². The molecule has 21 heavy (non-hydrogen) atoms. The Morgan fingerprint density at radius 1 is 1.43 bits per heavy atom. The summed E-state index contributed by atoms with van der Waals surface area (Å²) in [6.07, 6.45) is 5.08. The smallest absolute Gasteiger partial charge is 0.252 e. The summed E-state index contributed by atoms with van der Waals surface area (Å²) in [4.78, 5) is 12.1. The highest BCUT2D eigenvalue weighted by atomic mass is 19.1. The second-order valence-electron chi connectivity index (χ2n) is 5.31. The van der Waals surface area contributed by atoms with E-state index in [2.05, 4.69) is 17.2 Å². The Labute approximate surface area is 124 Å². The minimum atomic E-state index is -0.452. The van der Waals surface area contributed by atoms with E-state index in [9.17, 15) is 9.18 Å². The van der Waals surface area contributed by atoms with Crippen molar-refractivity contribution in [2.75, 3.05) is 13.2 Å². The number of rotatable bonds is 5. The van der Waals surface area contributed by atoms with E-state index in [1.54, 1.807) is 0 Å². The molecule has 1 amide bonds. The molecule has 1 aromatic carbocycles. The van der Waals surface area contributed by atoms with Gasteiger partial charge in [-0.25, -0.2) is 4.39 Å². The Morgan fingerprint density at radius 2 is 2.24 bits per heavy atom. The van der Waals surface area contributed by atoms with Crippen LogP contribution in [-0.2, 0) is 0 Å². The molecule has 0 bridgehead atoms. The third-order valence-corrected chi connectivity index (χ3v) is 3.75. The molecule has 0 saturated heterocycles. The van der Waals surface area contributed by atoms with Crippen molar-refractivity contribution < 1.29 is 14.3 Å². The number of carbonyl (C=O) groups excluding carboxylic acids is 1. The van der Waals surface area contributed by atoms with Crippen molar-refractivity contribution >= 4 is 5.91 Å². The molecule has 1 saturated carbocycles. The zero-order valence-corrected chi connectivity index (χ0v) is 12.0. The summed E-state index contributed by atoms with van der Waals surface area (Å²) < 4.78 is 13.3. The topological polar surface area (TPSA) is 49.3 Å². The van der Waals surface area contributed by atoms with Crippen LogP contribution in [0.1, 0.15) is 48.0 Å². The lowest BCUT2D eigenvalue weighted by Gasteiger charge is -2.25. The number of nitrogens with one attached hydrogen (secondary N) is 1. The molecular formula is C17H20FNO2. The normalized spacial score (nSPS) is 14.0. The molecule has 0 radical (unpaired) electrons. The fraction of sp³-hybridized carbons (Fsp3) is 0.471. The van der Waals surface area contributed by atoms with Crippen molar-refractivity contribution in [3.63, 3.8) is 0 Å². The first-order valence-electron chi connectivity index (χ1n) is 7.38. The predicted octanol–water partition coefficient (Wildman–Crippen LogP) is 2.48. The number of benzene rings is 1. The molecule has 1 aliphatic carbocycles. The van der Waals surface area contributed by atoms with Crippen LogP contribution in [0, 0.1) is 23.6 Å². The molecule has 1 aromatic rings. The molecule has 0 heterocycles. The van der Waals surface area contributed by atoms with Crippen molar-refractivity contribution in [2.45, 2.75) is 32.1 Å². The first-order valence-corrected chi connectivity index (χ1v) is 7.38. The van der Waals surface area contributed by atoms with Gasteiger partial charge in [-0.1, -0.05) is 31.1 Å². The Hall–Kier alpha value is -1.86. The van der Waals surface area contributed by atoms with Gasteiger partial charge < -0.3 is 10.4 Å². The highest BCUT2D eigenvalue weighted by Crippen LogP contribution is 2.28. The van der Waals surface area contributed by atoms with Gasteiger partial charge in [0.05, 0.1) is 12.2 Å². The van der Waals surface area contributed by atoms with Crippen LogP contribution < -0.4 is 5.32 Å². The maximum Gasteiger partial charge on any atom is 0.252 e. The van der Waals surface area contributed by atoms with E-state index < -0.39 is 5.82 Å². The van der Waals surface area contributed by atoms with E-state index in [1.165, 1.54) is 37.5 Å². The number of hydrogen-bond donors (Lipinski definition) is 2. The largest absolute Gasteiger partial charge is 0.395 e. The van der Waals surface area contributed by atoms with Gasteiger partial charge in [0.25, 0.3) is 5.91 Å². The van der Waals surface area contributed by atoms with Gasteiger partial charge in [0, 0.05) is 18.5 Å². The van der Waals surface area contributed by atoms with Gasteiger partial charge in [-0.2, -0.15) is 0 Å². The van der Waals surface area contributed by atoms with Crippen molar-refractivity contribution in [1.82, 2.24) is 5.32 Å². The standard InChI is InChI=1S/C17H20FNO2/c18-15-8-7-14(6-1-2-11-20)16(12-15)17(21)19-10-9-13-4-3-5-13/h7-8,12-13,20H,2-5,9-11H2,(H,19,21). The third kappa shape index (κ3) is 4.57. The molecule has 2 N–H and O–H groups in total. The van der Waals surface area contributed by atoms with Gasteiger partial charge in [0.15, 0.2) is 0 Å². The van der Waals surface area contributed by atoms with Crippen molar-refractivity contribution in [2.24, 2.45) is 5.92 Å². The van der Waals surface area contributed by atoms with Gasteiger partial charge in [0.1, 0.15) is 5.82 Å². The first kappa shape index (κ1) is 15.5. The fourth-order valence-corrected chi connectivity index (χ4v) is 2.29. The molecule has 0 aliphatic heterocycles. The molecule has 2 rings (SSSR count). The summed E-state index contributed by atoms with van der Waals surface area (Å²) in [5, 5.41) is 11.6. The monoisotopic (exact) mass is 289 g/mol. The molecular weight excluding hydrogens is 269 g/mol. The number of aliphatic hydroxyl groups excluding tert-OH is 1. The van der Waals surface area contributed by atoms with Crippen LogP contribution in [0.3, 0.4) is 0 Å². The van der Waals surface area contributed by atoms with Crippen LogP contribution in [-0.4, -0.2) is 24.2 Å². The molecule has 112 valence electrons. The van der Waals surface area contributed by atoms with Crippen molar-refractivity contribution in [1.29, 1.82) is 0 Å².